The lowest BCUT2D eigenvalue weighted by molar-refractivity contribution is -0.350. The maximum atomic E-state index is 13.9. The number of methoxy groups -OCH3 is 1. The summed E-state index contributed by atoms with van der Waals surface area (Å²) >= 11 is 0. The number of carbonyl (C=O) groups excluding carboxylic acids is 1. The van der Waals surface area contributed by atoms with Crippen LogP contribution in [0.5, 0.6) is 0 Å². The molecular formula is C50H64O8Si. The van der Waals surface area contributed by atoms with E-state index in [9.17, 15) is 4.79 Å². The number of carbonyl (C=O) groups is 1. The van der Waals surface area contributed by atoms with Crippen molar-refractivity contribution in [2.45, 2.75) is 96.2 Å². The summed E-state index contributed by atoms with van der Waals surface area (Å²) in [7, 11) is -1.14. The van der Waals surface area contributed by atoms with Gasteiger partial charge in [0.2, 0.25) is 0 Å². The van der Waals surface area contributed by atoms with Crippen molar-refractivity contribution in [2.75, 3.05) is 40.3 Å². The quantitative estimate of drug-likeness (QED) is 0.0439. The van der Waals surface area contributed by atoms with Gasteiger partial charge >= 0.3 is 5.97 Å². The molecule has 1 aliphatic heterocycles. The Morgan fingerprint density at radius 3 is 2.20 bits per heavy atom. The molecule has 2 bridgehead atoms. The molecule has 8 nitrogen and oxygen atoms in total. The second-order valence-corrected chi connectivity index (χ2v) is 22.7. The van der Waals surface area contributed by atoms with Crippen LogP contribution >= 0.6 is 0 Å². The van der Waals surface area contributed by atoms with Gasteiger partial charge in [-0.15, -0.1) is 0 Å². The molecule has 9 heteroatoms. The van der Waals surface area contributed by atoms with Crippen LogP contribution in [0, 0.1) is 22.7 Å². The highest BCUT2D eigenvalue weighted by Gasteiger charge is 2.70. The van der Waals surface area contributed by atoms with Crippen LogP contribution in [-0.2, 0) is 32.8 Å². The van der Waals surface area contributed by atoms with Crippen LogP contribution in [0.25, 0.3) is 0 Å². The number of rotatable bonds is 17. The highest BCUT2D eigenvalue weighted by molar-refractivity contribution is 6.99. The highest BCUT2D eigenvalue weighted by Crippen LogP contribution is 2.69. The molecule has 0 unspecified atom stereocenters. The molecule has 2 saturated carbocycles. The van der Waals surface area contributed by atoms with Gasteiger partial charge in [-0.3, -0.25) is 0 Å². The Morgan fingerprint density at radius 2 is 1.59 bits per heavy atom. The average Bonchev–Trinajstić information content (AvgIpc) is 3.60. The topological polar surface area (TPSA) is 81.7 Å². The number of benzene rings is 3. The van der Waals surface area contributed by atoms with E-state index in [0.717, 1.165) is 55.4 Å². The van der Waals surface area contributed by atoms with Crippen molar-refractivity contribution in [2.24, 2.45) is 22.7 Å². The van der Waals surface area contributed by atoms with Gasteiger partial charge in [0.1, 0.15) is 25.8 Å². The van der Waals surface area contributed by atoms with Gasteiger partial charge in [0.15, 0.2) is 5.79 Å². The lowest BCUT2D eigenvalue weighted by Crippen LogP contribution is -2.68. The molecule has 0 amide bonds. The van der Waals surface area contributed by atoms with Gasteiger partial charge in [-0.1, -0.05) is 124 Å². The minimum Gasteiger partial charge on any atom is -0.493 e. The number of ether oxygens (including phenoxy) is 6. The first-order chi connectivity index (χ1) is 28.3. The number of hydrogen-bond acceptors (Lipinski definition) is 8. The fourth-order valence-corrected chi connectivity index (χ4v) is 15.5. The maximum absolute atomic E-state index is 13.9. The summed E-state index contributed by atoms with van der Waals surface area (Å²) < 4.78 is 46.6. The number of hydrogen-bond donors (Lipinski definition) is 0. The Hall–Kier alpha value is -3.83. The third-order valence-electron chi connectivity index (χ3n) is 13.4. The molecule has 3 aromatic rings. The summed E-state index contributed by atoms with van der Waals surface area (Å²) in [5, 5.41) is 2.35. The largest absolute Gasteiger partial charge is 0.493 e. The molecule has 1 saturated heterocycles. The van der Waals surface area contributed by atoms with Gasteiger partial charge in [-0.2, -0.15) is 0 Å². The van der Waals surface area contributed by atoms with Gasteiger partial charge < -0.3 is 32.8 Å². The van der Waals surface area contributed by atoms with Gasteiger partial charge in [0.25, 0.3) is 8.32 Å². The molecule has 59 heavy (non-hydrogen) atoms. The molecule has 4 aliphatic carbocycles. The lowest BCUT2D eigenvalue weighted by Gasteiger charge is -2.66. The molecular weight excluding hydrogens is 757 g/mol. The van der Waals surface area contributed by atoms with E-state index < -0.39 is 24.9 Å². The predicted octanol–water partition coefficient (Wildman–Crippen LogP) is 9.16. The fourth-order valence-electron chi connectivity index (χ4n) is 10.9. The van der Waals surface area contributed by atoms with Crippen molar-refractivity contribution in [3.05, 3.63) is 133 Å². The summed E-state index contributed by atoms with van der Waals surface area (Å²) in [6, 6.07) is 30.8. The van der Waals surface area contributed by atoms with Crippen LogP contribution in [0.15, 0.2) is 127 Å². The lowest BCUT2D eigenvalue weighted by atomic mass is 9.45. The molecule has 1 heterocycles. The van der Waals surface area contributed by atoms with Gasteiger partial charge in [-0.05, 0) is 91.4 Å². The molecule has 1 spiro atoms. The van der Waals surface area contributed by atoms with Crippen LogP contribution in [-0.4, -0.2) is 72.6 Å². The second kappa shape index (κ2) is 17.6. The van der Waals surface area contributed by atoms with Crippen molar-refractivity contribution >= 4 is 24.7 Å². The first-order valence-electron chi connectivity index (χ1n) is 21.4. The van der Waals surface area contributed by atoms with Crippen molar-refractivity contribution < 1.29 is 37.6 Å². The summed E-state index contributed by atoms with van der Waals surface area (Å²) in [4.78, 5) is 13.9. The van der Waals surface area contributed by atoms with Crippen molar-refractivity contribution in [1.29, 1.82) is 0 Å². The summed E-state index contributed by atoms with van der Waals surface area (Å²) in [6.45, 7) is 21.3. The molecule has 8 rings (SSSR count). The zero-order chi connectivity index (χ0) is 41.9. The molecule has 3 aromatic carbocycles. The average molecular weight is 821 g/mol. The minimum absolute atomic E-state index is 0.0756. The zero-order valence-corrected chi connectivity index (χ0v) is 37.0. The standard InChI is InChI=1S/C50H64O8Si/c1-9-31-53-45-43(42-36(2)27-28-41(42)55-35-52-8)49(33-54-46(51)37-20-13-10-14-21-37)29-30-50(45)34-56-48(6,7)58-44(50)40(49)26-19-32-57-59(47(3,4)5,38-22-15-11-16-23-38)39-24-17-12-18-25-39/h9-18,20-25,40-42,44H,1-2,19,26-35H2,3-8H3/t40-,41-,42-,44-,49-,50+/m1/s1. The van der Waals surface area contributed by atoms with Crippen LogP contribution < -0.4 is 10.4 Å². The van der Waals surface area contributed by atoms with E-state index in [0.29, 0.717) is 25.4 Å². The van der Waals surface area contributed by atoms with E-state index in [-0.39, 0.29) is 48.5 Å². The number of esters is 1. The fraction of sp³-hybridized carbons (Fsp3) is 0.500. The van der Waals surface area contributed by atoms with Gasteiger partial charge in [0.05, 0.1) is 29.8 Å². The van der Waals surface area contributed by atoms with Crippen LogP contribution in [0.2, 0.25) is 5.04 Å². The Balaban J connectivity index is 1.33. The van der Waals surface area contributed by atoms with Crippen molar-refractivity contribution in [1.82, 2.24) is 0 Å². The Labute approximate surface area is 353 Å². The highest BCUT2D eigenvalue weighted by atomic mass is 28.4. The van der Waals surface area contributed by atoms with E-state index in [1.807, 2.05) is 32.0 Å². The Bertz CT molecular complexity index is 1920. The third kappa shape index (κ3) is 8.07. The first-order valence-corrected chi connectivity index (χ1v) is 23.3. The first kappa shape index (κ1) is 43.3. The van der Waals surface area contributed by atoms with E-state index in [2.05, 4.69) is 94.6 Å². The van der Waals surface area contributed by atoms with Gasteiger partial charge in [-0.25, -0.2) is 4.79 Å². The SMILES string of the molecule is C=CCOC1=C([C@@H]2C(=C)CC[C@H]2OCOC)[C@@]2(COC(=O)c3ccccc3)CC[C@@]13COC(C)(C)O[C@@H]3[C@H]2CCCO[Si](c1ccccc1)(c1ccccc1)C(C)(C)C. The molecule has 0 aromatic heterocycles. The smallest absolute Gasteiger partial charge is 0.338 e. The molecule has 0 N–H and O–H groups in total. The van der Waals surface area contributed by atoms with Crippen LogP contribution in [0.4, 0.5) is 0 Å². The van der Waals surface area contributed by atoms with Crippen LogP contribution in [0.3, 0.4) is 0 Å². The number of fused-ring (bicyclic) bond motifs is 1. The van der Waals surface area contributed by atoms with E-state index in [1.165, 1.54) is 10.4 Å². The minimum atomic E-state index is -2.79. The van der Waals surface area contributed by atoms with E-state index in [1.54, 1.807) is 25.3 Å². The molecule has 5 aliphatic rings. The predicted molar refractivity (Wildman–Crippen MR) is 234 cm³/mol. The molecule has 316 valence electrons. The Morgan fingerprint density at radius 1 is 0.949 bits per heavy atom. The summed E-state index contributed by atoms with van der Waals surface area (Å²) in [6.07, 6.45) is 5.99. The normalized spacial score (nSPS) is 27.7. The summed E-state index contributed by atoms with van der Waals surface area (Å²) in [5.41, 5.74) is 1.48. The third-order valence-corrected chi connectivity index (χ3v) is 18.5. The molecule has 6 atom stereocenters. The summed E-state index contributed by atoms with van der Waals surface area (Å²) in [5.74, 6) is -0.574. The van der Waals surface area contributed by atoms with Crippen LogP contribution in [0.1, 0.15) is 83.5 Å². The molecule has 3 fully saturated rings. The zero-order valence-electron chi connectivity index (χ0n) is 36.0. The monoisotopic (exact) mass is 820 g/mol. The van der Waals surface area contributed by atoms with Gasteiger partial charge in [0, 0.05) is 25.0 Å². The maximum Gasteiger partial charge on any atom is 0.338 e. The van der Waals surface area contributed by atoms with E-state index >= 15 is 0 Å². The van der Waals surface area contributed by atoms with E-state index in [4.69, 9.17) is 32.8 Å². The second-order valence-electron chi connectivity index (χ2n) is 18.4. The van der Waals surface area contributed by atoms with Crippen molar-refractivity contribution in [3.63, 3.8) is 0 Å². The van der Waals surface area contributed by atoms with Crippen molar-refractivity contribution in [3.8, 4) is 0 Å². The molecule has 0 radical (unpaired) electrons. The Kier molecular flexibility index (Phi) is 12.9.